The third-order valence-corrected chi connectivity index (χ3v) is 3.19. The number of carbonyl (C=O) groups excluding carboxylic acids is 2. The molecule has 1 aliphatic carbocycles. The van der Waals surface area contributed by atoms with Crippen LogP contribution in [0, 0.1) is 0 Å². The SMILES string of the molecule is CCOC(=O)c1ccc(NC(=O)OC(C)(C)C)c2c1CC2. The van der Waals surface area contributed by atoms with Gasteiger partial charge in [0, 0.05) is 5.69 Å². The Balaban J connectivity index is 2.15. The van der Waals surface area contributed by atoms with Crippen LogP contribution in [-0.4, -0.2) is 24.3 Å². The highest BCUT2D eigenvalue weighted by Gasteiger charge is 2.26. The summed E-state index contributed by atoms with van der Waals surface area (Å²) in [6, 6.07) is 3.43. The number of anilines is 1. The van der Waals surface area contributed by atoms with Gasteiger partial charge in [-0.25, -0.2) is 9.59 Å². The van der Waals surface area contributed by atoms with Gasteiger partial charge in [-0.2, -0.15) is 0 Å². The number of nitrogens with one attached hydrogen (secondary N) is 1. The van der Waals surface area contributed by atoms with Gasteiger partial charge in [0.15, 0.2) is 0 Å². The highest BCUT2D eigenvalue weighted by molar-refractivity contribution is 5.95. The molecule has 2 rings (SSSR count). The van der Waals surface area contributed by atoms with Crippen LogP contribution in [0.2, 0.25) is 0 Å². The zero-order valence-electron chi connectivity index (χ0n) is 12.9. The molecule has 1 aliphatic rings. The summed E-state index contributed by atoms with van der Waals surface area (Å²) < 4.78 is 10.3. The Labute approximate surface area is 124 Å². The Hall–Kier alpha value is -2.04. The summed E-state index contributed by atoms with van der Waals surface area (Å²) in [7, 11) is 0. The second kappa shape index (κ2) is 5.76. The lowest BCUT2D eigenvalue weighted by molar-refractivity contribution is 0.0523. The number of carbonyl (C=O) groups is 2. The predicted molar refractivity (Wildman–Crippen MR) is 79.7 cm³/mol. The number of esters is 1. The maximum Gasteiger partial charge on any atom is 0.412 e. The number of benzene rings is 1. The van der Waals surface area contributed by atoms with E-state index >= 15 is 0 Å². The maximum atomic E-state index is 11.8. The number of hydrogen-bond acceptors (Lipinski definition) is 4. The molecule has 0 atom stereocenters. The molecular formula is C16H21NO4. The fraction of sp³-hybridized carbons (Fsp3) is 0.500. The van der Waals surface area contributed by atoms with E-state index in [1.54, 1.807) is 19.1 Å². The third-order valence-electron chi connectivity index (χ3n) is 3.19. The molecule has 0 saturated heterocycles. The van der Waals surface area contributed by atoms with Crippen LogP contribution in [-0.2, 0) is 22.3 Å². The Kier molecular flexibility index (Phi) is 4.21. The number of amides is 1. The molecule has 0 saturated carbocycles. The summed E-state index contributed by atoms with van der Waals surface area (Å²) in [6.45, 7) is 7.58. The van der Waals surface area contributed by atoms with Gasteiger partial charge in [-0.15, -0.1) is 0 Å². The van der Waals surface area contributed by atoms with Gasteiger partial charge in [-0.3, -0.25) is 5.32 Å². The van der Waals surface area contributed by atoms with Crippen molar-refractivity contribution in [3.05, 3.63) is 28.8 Å². The first-order chi connectivity index (χ1) is 9.81. The lowest BCUT2D eigenvalue weighted by Crippen LogP contribution is -2.28. The molecular weight excluding hydrogens is 270 g/mol. The van der Waals surface area contributed by atoms with Crippen LogP contribution in [0.3, 0.4) is 0 Å². The number of rotatable bonds is 3. The molecule has 0 bridgehead atoms. The van der Waals surface area contributed by atoms with E-state index in [2.05, 4.69) is 5.32 Å². The van der Waals surface area contributed by atoms with Crippen LogP contribution in [0.4, 0.5) is 10.5 Å². The van der Waals surface area contributed by atoms with Crippen LogP contribution >= 0.6 is 0 Å². The average Bonchev–Trinajstić information content (AvgIpc) is 2.28. The fourth-order valence-electron chi connectivity index (χ4n) is 2.27. The van der Waals surface area contributed by atoms with E-state index in [4.69, 9.17) is 9.47 Å². The van der Waals surface area contributed by atoms with Gasteiger partial charge in [0.05, 0.1) is 12.2 Å². The molecule has 5 heteroatoms. The average molecular weight is 291 g/mol. The fourth-order valence-corrected chi connectivity index (χ4v) is 2.27. The van der Waals surface area contributed by atoms with Crippen molar-refractivity contribution in [2.24, 2.45) is 0 Å². The Morgan fingerprint density at radius 3 is 2.38 bits per heavy atom. The van der Waals surface area contributed by atoms with Gasteiger partial charge in [-0.05, 0) is 63.8 Å². The molecule has 0 aliphatic heterocycles. The Morgan fingerprint density at radius 2 is 1.86 bits per heavy atom. The molecule has 21 heavy (non-hydrogen) atoms. The van der Waals surface area contributed by atoms with Crippen molar-refractivity contribution in [3.63, 3.8) is 0 Å². The van der Waals surface area contributed by atoms with Crippen molar-refractivity contribution in [2.45, 2.75) is 46.1 Å². The second-order valence-corrected chi connectivity index (χ2v) is 5.97. The topological polar surface area (TPSA) is 64.6 Å². The molecule has 5 nitrogen and oxygen atoms in total. The van der Waals surface area contributed by atoms with Crippen molar-refractivity contribution >= 4 is 17.7 Å². The van der Waals surface area contributed by atoms with E-state index in [1.165, 1.54) is 0 Å². The molecule has 1 aromatic rings. The Bertz CT molecular complexity index is 572. The smallest absolute Gasteiger partial charge is 0.412 e. The molecule has 1 N–H and O–H groups in total. The van der Waals surface area contributed by atoms with E-state index in [0.29, 0.717) is 17.9 Å². The summed E-state index contributed by atoms with van der Waals surface area (Å²) in [5.74, 6) is -0.308. The minimum Gasteiger partial charge on any atom is -0.462 e. The molecule has 114 valence electrons. The molecule has 0 radical (unpaired) electrons. The van der Waals surface area contributed by atoms with E-state index < -0.39 is 11.7 Å². The lowest BCUT2D eigenvalue weighted by Gasteiger charge is -2.26. The predicted octanol–water partition coefficient (Wildman–Crippen LogP) is 3.31. The van der Waals surface area contributed by atoms with Crippen molar-refractivity contribution in [1.29, 1.82) is 0 Å². The highest BCUT2D eigenvalue weighted by Crippen LogP contribution is 2.33. The molecule has 0 spiro atoms. The summed E-state index contributed by atoms with van der Waals surface area (Å²) in [4.78, 5) is 23.7. The molecule has 0 fully saturated rings. The first-order valence-corrected chi connectivity index (χ1v) is 7.13. The zero-order chi connectivity index (χ0) is 15.6. The van der Waals surface area contributed by atoms with Crippen molar-refractivity contribution in [1.82, 2.24) is 0 Å². The maximum absolute atomic E-state index is 11.8. The van der Waals surface area contributed by atoms with Crippen LogP contribution in [0.1, 0.15) is 49.2 Å². The van der Waals surface area contributed by atoms with Gasteiger partial charge < -0.3 is 9.47 Å². The van der Waals surface area contributed by atoms with Crippen LogP contribution < -0.4 is 5.32 Å². The summed E-state index contributed by atoms with van der Waals surface area (Å²) in [5, 5.41) is 2.74. The van der Waals surface area contributed by atoms with Crippen molar-refractivity contribution in [3.8, 4) is 0 Å². The van der Waals surface area contributed by atoms with E-state index in [0.717, 1.165) is 24.0 Å². The molecule has 1 aromatic carbocycles. The number of hydrogen-bond donors (Lipinski definition) is 1. The van der Waals surface area contributed by atoms with Crippen LogP contribution in [0.15, 0.2) is 12.1 Å². The molecule has 0 unspecified atom stereocenters. The summed E-state index contributed by atoms with van der Waals surface area (Å²) in [5.41, 5.74) is 2.71. The Morgan fingerprint density at radius 1 is 1.19 bits per heavy atom. The monoisotopic (exact) mass is 291 g/mol. The zero-order valence-corrected chi connectivity index (χ0v) is 12.9. The normalized spacial score (nSPS) is 13.0. The molecule has 1 amide bonds. The molecule has 0 heterocycles. The van der Waals surface area contributed by atoms with Gasteiger partial charge in [0.2, 0.25) is 0 Å². The van der Waals surface area contributed by atoms with E-state index in [-0.39, 0.29) is 5.97 Å². The second-order valence-electron chi connectivity index (χ2n) is 5.97. The van der Waals surface area contributed by atoms with Gasteiger partial charge >= 0.3 is 12.1 Å². The quantitative estimate of drug-likeness (QED) is 0.868. The van der Waals surface area contributed by atoms with Crippen molar-refractivity contribution < 1.29 is 19.1 Å². The van der Waals surface area contributed by atoms with E-state index in [9.17, 15) is 9.59 Å². The largest absolute Gasteiger partial charge is 0.462 e. The van der Waals surface area contributed by atoms with E-state index in [1.807, 2.05) is 20.8 Å². The van der Waals surface area contributed by atoms with Crippen LogP contribution in [0.5, 0.6) is 0 Å². The molecule has 0 aromatic heterocycles. The standard InChI is InChI=1S/C16H21NO4/c1-5-20-14(18)12-8-9-13(11-7-6-10(11)12)17-15(19)21-16(2,3)4/h8-9H,5-7H2,1-4H3,(H,17,19). The first kappa shape index (κ1) is 15.4. The van der Waals surface area contributed by atoms with Gasteiger partial charge in [-0.1, -0.05) is 0 Å². The highest BCUT2D eigenvalue weighted by atomic mass is 16.6. The number of ether oxygens (including phenoxy) is 2. The summed E-state index contributed by atoms with van der Waals surface area (Å²) >= 11 is 0. The lowest BCUT2D eigenvalue weighted by atomic mass is 9.83. The minimum atomic E-state index is -0.540. The minimum absolute atomic E-state index is 0.308. The van der Waals surface area contributed by atoms with Gasteiger partial charge in [0.25, 0.3) is 0 Å². The van der Waals surface area contributed by atoms with Crippen molar-refractivity contribution in [2.75, 3.05) is 11.9 Å². The van der Waals surface area contributed by atoms with Crippen LogP contribution in [0.25, 0.3) is 0 Å². The third kappa shape index (κ3) is 3.54. The first-order valence-electron chi connectivity index (χ1n) is 7.13. The van der Waals surface area contributed by atoms with Gasteiger partial charge in [0.1, 0.15) is 5.60 Å². The number of fused-ring (bicyclic) bond motifs is 1. The summed E-state index contributed by atoms with van der Waals surface area (Å²) in [6.07, 6.45) is 1.18.